The van der Waals surface area contributed by atoms with E-state index in [1.54, 1.807) is 25.7 Å². The van der Waals surface area contributed by atoms with E-state index in [0.29, 0.717) is 0 Å². The predicted molar refractivity (Wildman–Crippen MR) is 75.6 cm³/mol. The first-order valence-corrected chi connectivity index (χ1v) is 10.6. The lowest BCUT2D eigenvalue weighted by molar-refractivity contribution is 0.457. The second-order valence-electron chi connectivity index (χ2n) is 7.56. The highest BCUT2D eigenvalue weighted by atomic mass is 28.3. The first-order chi connectivity index (χ1) is 7.41. The molecule has 4 unspecified atom stereocenters. The second-order valence-corrected chi connectivity index (χ2v) is 12.8. The van der Waals surface area contributed by atoms with Crippen LogP contribution in [0.3, 0.4) is 0 Å². The Labute approximate surface area is 103 Å². The molecule has 0 aliphatic heterocycles. The van der Waals surface area contributed by atoms with E-state index in [0.717, 1.165) is 28.8 Å². The molecular weight excluding hydrogens is 208 g/mol. The molecule has 16 heavy (non-hydrogen) atoms. The lowest BCUT2D eigenvalue weighted by Crippen LogP contribution is -2.36. The van der Waals surface area contributed by atoms with Gasteiger partial charge in [-0.3, -0.25) is 0 Å². The summed E-state index contributed by atoms with van der Waals surface area (Å²) in [5.41, 5.74) is 2.28. The van der Waals surface area contributed by atoms with Gasteiger partial charge in [-0.25, -0.2) is 0 Å². The minimum Gasteiger partial charge on any atom is -0.0689 e. The summed E-state index contributed by atoms with van der Waals surface area (Å²) in [6.07, 6.45) is 7.72. The summed E-state index contributed by atoms with van der Waals surface area (Å²) in [6.45, 7) is 12.8. The van der Waals surface area contributed by atoms with Crippen molar-refractivity contribution in [3.05, 3.63) is 0 Å². The van der Waals surface area contributed by atoms with Gasteiger partial charge in [-0.15, -0.1) is 0 Å². The zero-order chi connectivity index (χ0) is 11.9. The van der Waals surface area contributed by atoms with Crippen molar-refractivity contribution in [1.82, 2.24) is 0 Å². The monoisotopic (exact) mass is 238 g/mol. The topological polar surface area (TPSA) is 0 Å². The third-order valence-corrected chi connectivity index (χ3v) is 11.3. The van der Waals surface area contributed by atoms with Crippen LogP contribution in [0.1, 0.15) is 52.9 Å². The second kappa shape index (κ2) is 4.47. The molecule has 2 rings (SSSR count). The summed E-state index contributed by atoms with van der Waals surface area (Å²) in [7, 11) is -0.963. The minimum atomic E-state index is -0.963. The van der Waals surface area contributed by atoms with Gasteiger partial charge in [0.15, 0.2) is 0 Å². The van der Waals surface area contributed by atoms with Crippen molar-refractivity contribution < 1.29 is 0 Å². The molecule has 4 atom stereocenters. The van der Waals surface area contributed by atoms with Gasteiger partial charge in [0.2, 0.25) is 0 Å². The lowest BCUT2D eigenvalue weighted by atomic mass is 10.0. The molecule has 2 saturated carbocycles. The van der Waals surface area contributed by atoms with Crippen molar-refractivity contribution in [1.29, 1.82) is 0 Å². The fourth-order valence-corrected chi connectivity index (χ4v) is 8.83. The van der Waals surface area contributed by atoms with Crippen LogP contribution in [0.15, 0.2) is 0 Å². The van der Waals surface area contributed by atoms with Gasteiger partial charge in [-0.05, 0) is 41.7 Å². The largest absolute Gasteiger partial charge is 0.0689 e. The normalized spacial score (nSPS) is 45.2. The standard InChI is InChI=1S/C15H30Si/c1-11-6-7-14(8-11)16(4,5)15-9-12(2)13(3)10-15/h11-15H,6-10H2,1-5H3. The molecule has 0 aromatic carbocycles. The van der Waals surface area contributed by atoms with Crippen molar-refractivity contribution in [3.8, 4) is 0 Å². The third kappa shape index (κ3) is 2.25. The molecule has 0 heterocycles. The van der Waals surface area contributed by atoms with Crippen molar-refractivity contribution >= 4 is 8.07 Å². The zero-order valence-electron chi connectivity index (χ0n) is 11.9. The van der Waals surface area contributed by atoms with Crippen molar-refractivity contribution in [2.75, 3.05) is 0 Å². The van der Waals surface area contributed by atoms with Gasteiger partial charge in [-0.1, -0.05) is 53.1 Å². The van der Waals surface area contributed by atoms with Crippen LogP contribution in [0, 0.1) is 17.8 Å². The molecule has 2 fully saturated rings. The minimum absolute atomic E-state index is 0.963. The van der Waals surface area contributed by atoms with Crippen molar-refractivity contribution in [2.45, 2.75) is 77.1 Å². The molecule has 0 radical (unpaired) electrons. The maximum atomic E-state index is 2.70. The Hall–Kier alpha value is 0.217. The Morgan fingerprint density at radius 2 is 1.31 bits per heavy atom. The molecule has 1 heteroatoms. The summed E-state index contributed by atoms with van der Waals surface area (Å²) in [4.78, 5) is 0. The van der Waals surface area contributed by atoms with Gasteiger partial charge >= 0.3 is 0 Å². The summed E-state index contributed by atoms with van der Waals surface area (Å²) in [6, 6.07) is 0. The quantitative estimate of drug-likeness (QED) is 0.571. The SMILES string of the molecule is CC1CCC([Si](C)(C)C2CC(C)C(C)C2)C1. The molecule has 0 aromatic rings. The van der Waals surface area contributed by atoms with Gasteiger partial charge in [0, 0.05) is 0 Å². The Morgan fingerprint density at radius 1 is 0.750 bits per heavy atom. The molecule has 0 N–H and O–H groups in total. The summed E-state index contributed by atoms with van der Waals surface area (Å²) < 4.78 is 0. The summed E-state index contributed by atoms with van der Waals surface area (Å²) in [5.74, 6) is 3.01. The molecule has 0 amide bonds. The lowest BCUT2D eigenvalue weighted by Gasteiger charge is -2.36. The van der Waals surface area contributed by atoms with Gasteiger partial charge in [0.1, 0.15) is 0 Å². The van der Waals surface area contributed by atoms with Gasteiger partial charge in [0.25, 0.3) is 0 Å². The molecule has 0 saturated heterocycles. The molecule has 0 aromatic heterocycles. The average Bonchev–Trinajstić information content (AvgIpc) is 2.75. The molecule has 2 aliphatic carbocycles. The van der Waals surface area contributed by atoms with Crippen molar-refractivity contribution in [2.24, 2.45) is 17.8 Å². The zero-order valence-corrected chi connectivity index (χ0v) is 12.9. The first-order valence-electron chi connectivity index (χ1n) is 7.41. The molecular formula is C15H30Si. The Morgan fingerprint density at radius 3 is 1.75 bits per heavy atom. The maximum Gasteiger partial charge on any atom is 0.0536 e. The van der Waals surface area contributed by atoms with Crippen LogP contribution in [0.2, 0.25) is 24.2 Å². The van der Waals surface area contributed by atoms with E-state index in [1.165, 1.54) is 6.42 Å². The van der Waals surface area contributed by atoms with Crippen LogP contribution >= 0.6 is 0 Å². The number of hydrogen-bond acceptors (Lipinski definition) is 0. The Balaban J connectivity index is 2.02. The summed E-state index contributed by atoms with van der Waals surface area (Å²) in [5, 5.41) is 0. The van der Waals surface area contributed by atoms with E-state index in [1.807, 2.05) is 0 Å². The molecule has 0 nitrogen and oxygen atoms in total. The maximum absolute atomic E-state index is 2.70. The highest BCUT2D eigenvalue weighted by molar-refractivity contribution is 6.80. The van der Waals surface area contributed by atoms with Gasteiger partial charge in [0.05, 0.1) is 8.07 Å². The van der Waals surface area contributed by atoms with Gasteiger partial charge in [-0.2, -0.15) is 0 Å². The fourth-order valence-electron chi connectivity index (χ4n) is 4.28. The van der Waals surface area contributed by atoms with E-state index in [9.17, 15) is 0 Å². The number of rotatable bonds is 2. The average molecular weight is 238 g/mol. The van der Waals surface area contributed by atoms with E-state index in [4.69, 9.17) is 0 Å². The Bertz CT molecular complexity index is 236. The van der Waals surface area contributed by atoms with E-state index >= 15 is 0 Å². The fraction of sp³-hybridized carbons (Fsp3) is 1.00. The van der Waals surface area contributed by atoms with E-state index in [2.05, 4.69) is 33.9 Å². The van der Waals surface area contributed by atoms with E-state index < -0.39 is 8.07 Å². The van der Waals surface area contributed by atoms with Crippen LogP contribution in [-0.2, 0) is 0 Å². The molecule has 0 bridgehead atoms. The van der Waals surface area contributed by atoms with Gasteiger partial charge < -0.3 is 0 Å². The summed E-state index contributed by atoms with van der Waals surface area (Å²) >= 11 is 0. The molecule has 2 aliphatic rings. The highest BCUT2D eigenvalue weighted by Crippen LogP contribution is 2.53. The highest BCUT2D eigenvalue weighted by Gasteiger charge is 2.45. The van der Waals surface area contributed by atoms with Crippen LogP contribution in [0.4, 0.5) is 0 Å². The van der Waals surface area contributed by atoms with Crippen LogP contribution in [-0.4, -0.2) is 8.07 Å². The molecule has 0 spiro atoms. The van der Waals surface area contributed by atoms with Crippen molar-refractivity contribution in [3.63, 3.8) is 0 Å². The third-order valence-electron chi connectivity index (χ3n) is 6.08. The first kappa shape index (κ1) is 12.7. The Kier molecular flexibility index (Phi) is 3.54. The number of hydrogen-bond donors (Lipinski definition) is 0. The predicted octanol–water partition coefficient (Wildman–Crippen LogP) is 5.32. The molecule has 94 valence electrons. The van der Waals surface area contributed by atoms with Crippen LogP contribution in [0.5, 0.6) is 0 Å². The van der Waals surface area contributed by atoms with Crippen LogP contribution in [0.25, 0.3) is 0 Å². The van der Waals surface area contributed by atoms with Crippen LogP contribution < -0.4 is 0 Å². The van der Waals surface area contributed by atoms with E-state index in [-0.39, 0.29) is 0 Å². The smallest absolute Gasteiger partial charge is 0.0536 e.